The first kappa shape index (κ1) is 28.8. The summed E-state index contributed by atoms with van der Waals surface area (Å²) < 4.78 is 7.09. The van der Waals surface area contributed by atoms with Crippen molar-refractivity contribution in [1.29, 1.82) is 0 Å². The van der Waals surface area contributed by atoms with Crippen LogP contribution in [0.4, 0.5) is 0 Å². The third kappa shape index (κ3) is 8.35. The van der Waals surface area contributed by atoms with Gasteiger partial charge in [0.2, 0.25) is 11.8 Å². The zero-order valence-electron chi connectivity index (χ0n) is 22.3. The first-order chi connectivity index (χ1) is 17.8. The Bertz CT molecular complexity index is 1050. The van der Waals surface area contributed by atoms with E-state index in [2.05, 4.69) is 4.57 Å². The van der Waals surface area contributed by atoms with Gasteiger partial charge in [0, 0.05) is 42.0 Å². The predicted molar refractivity (Wildman–Crippen MR) is 145 cm³/mol. The molecule has 0 saturated heterocycles. The highest BCUT2D eigenvalue weighted by Crippen LogP contribution is 2.26. The van der Waals surface area contributed by atoms with E-state index in [-0.39, 0.29) is 49.9 Å². The molecule has 0 atom stereocenters. The van der Waals surface area contributed by atoms with Crippen LogP contribution in [0.2, 0.25) is 5.02 Å². The normalized spacial score (nSPS) is 14.0. The van der Waals surface area contributed by atoms with Crippen molar-refractivity contribution in [2.45, 2.75) is 90.9 Å². The fraction of sp³-hybridized carbons (Fsp3) is 0.552. The molecule has 1 heterocycles. The maximum absolute atomic E-state index is 13.8. The number of ether oxygens (including phenoxy) is 1. The van der Waals surface area contributed by atoms with Crippen molar-refractivity contribution >= 4 is 29.4 Å². The number of hydrogen-bond donors (Lipinski definition) is 0. The van der Waals surface area contributed by atoms with E-state index in [0.29, 0.717) is 13.1 Å². The molecule has 1 aliphatic carbocycles. The molecular formula is C29H40ClN3O4. The lowest BCUT2D eigenvalue weighted by atomic mass is 9.94. The molecule has 3 rings (SSSR count). The lowest BCUT2D eigenvalue weighted by Gasteiger charge is -2.37. The average Bonchev–Trinajstić information content (AvgIpc) is 3.32. The summed E-state index contributed by atoms with van der Waals surface area (Å²) in [5, 5.41) is 0.719. The number of nitrogens with zero attached hydrogens (tertiary/aromatic N) is 3. The molecule has 1 fully saturated rings. The summed E-state index contributed by atoms with van der Waals surface area (Å²) in [7, 11) is 0. The molecule has 8 heteroatoms. The number of aromatic nitrogens is 1. The van der Waals surface area contributed by atoms with Crippen LogP contribution in [0.5, 0.6) is 0 Å². The van der Waals surface area contributed by atoms with Crippen LogP contribution in [0.25, 0.3) is 0 Å². The topological polar surface area (TPSA) is 71.8 Å². The molecule has 0 aliphatic heterocycles. The number of rotatable bonds is 12. The van der Waals surface area contributed by atoms with E-state index in [1.807, 2.05) is 61.3 Å². The summed E-state index contributed by atoms with van der Waals surface area (Å²) >= 11 is 6.41. The number of benzene rings is 1. The Morgan fingerprint density at radius 1 is 1.03 bits per heavy atom. The molecular weight excluding hydrogens is 490 g/mol. The molecule has 0 N–H and O–H groups in total. The molecule has 2 amide bonds. The number of esters is 1. The minimum atomic E-state index is -0.394. The van der Waals surface area contributed by atoms with Gasteiger partial charge in [-0.2, -0.15) is 0 Å². The van der Waals surface area contributed by atoms with Crippen LogP contribution in [0.1, 0.15) is 77.0 Å². The van der Waals surface area contributed by atoms with Gasteiger partial charge in [-0.15, -0.1) is 0 Å². The van der Waals surface area contributed by atoms with Crippen LogP contribution < -0.4 is 0 Å². The standard InChI is InChI=1S/C29H40ClN3O4/c1-4-37-29(36)17-16-27(34)32(22(2)3)21-28(35)33(24-12-6-5-7-13-24)20-25-14-10-18-31(25)19-23-11-8-9-15-26(23)30/h8-11,14-15,18,22,24H,4-7,12-13,16-17,19-21H2,1-3H3. The third-order valence-corrected chi connectivity index (χ3v) is 7.36. The number of carbonyl (C=O) groups is 3. The highest BCUT2D eigenvalue weighted by molar-refractivity contribution is 6.31. The van der Waals surface area contributed by atoms with Gasteiger partial charge in [-0.3, -0.25) is 14.4 Å². The second-order valence-corrected chi connectivity index (χ2v) is 10.4. The molecule has 37 heavy (non-hydrogen) atoms. The monoisotopic (exact) mass is 529 g/mol. The summed E-state index contributed by atoms with van der Waals surface area (Å²) in [4.78, 5) is 42.0. The van der Waals surface area contributed by atoms with Crippen LogP contribution in [0.15, 0.2) is 42.6 Å². The van der Waals surface area contributed by atoms with Gasteiger partial charge in [-0.05, 0) is 57.4 Å². The quantitative estimate of drug-likeness (QED) is 0.344. The minimum Gasteiger partial charge on any atom is -0.466 e. The number of halogens is 1. The second-order valence-electron chi connectivity index (χ2n) is 9.95. The molecule has 1 aromatic carbocycles. The fourth-order valence-corrected chi connectivity index (χ4v) is 5.12. The Morgan fingerprint density at radius 3 is 2.43 bits per heavy atom. The predicted octanol–water partition coefficient (Wildman–Crippen LogP) is 5.43. The Balaban J connectivity index is 1.76. The van der Waals surface area contributed by atoms with Crippen LogP contribution in [-0.2, 0) is 32.2 Å². The van der Waals surface area contributed by atoms with Crippen molar-refractivity contribution in [3.8, 4) is 0 Å². The lowest BCUT2D eigenvalue weighted by Crippen LogP contribution is -2.49. The van der Waals surface area contributed by atoms with Crippen molar-refractivity contribution in [1.82, 2.24) is 14.4 Å². The molecule has 1 aromatic heterocycles. The molecule has 1 aliphatic rings. The van der Waals surface area contributed by atoms with Gasteiger partial charge in [0.1, 0.15) is 0 Å². The Labute approximate surface area is 225 Å². The van der Waals surface area contributed by atoms with Crippen molar-refractivity contribution < 1.29 is 19.1 Å². The average molecular weight is 530 g/mol. The summed E-state index contributed by atoms with van der Waals surface area (Å²) in [6, 6.07) is 11.8. The number of carbonyl (C=O) groups excluding carboxylic acids is 3. The lowest BCUT2D eigenvalue weighted by molar-refractivity contribution is -0.147. The van der Waals surface area contributed by atoms with E-state index in [0.717, 1.165) is 42.0 Å². The number of amides is 2. The van der Waals surface area contributed by atoms with Gasteiger partial charge in [-0.25, -0.2) is 0 Å². The molecule has 2 aromatic rings. The third-order valence-electron chi connectivity index (χ3n) is 6.99. The van der Waals surface area contributed by atoms with Crippen LogP contribution in [-0.4, -0.2) is 57.4 Å². The highest BCUT2D eigenvalue weighted by atomic mass is 35.5. The largest absolute Gasteiger partial charge is 0.466 e. The van der Waals surface area contributed by atoms with Crippen LogP contribution in [0, 0.1) is 0 Å². The van der Waals surface area contributed by atoms with Gasteiger partial charge < -0.3 is 19.1 Å². The van der Waals surface area contributed by atoms with E-state index in [9.17, 15) is 14.4 Å². The highest BCUT2D eigenvalue weighted by Gasteiger charge is 2.30. The summed E-state index contributed by atoms with van der Waals surface area (Å²) in [5.74, 6) is -0.660. The first-order valence-corrected chi connectivity index (χ1v) is 13.8. The molecule has 0 spiro atoms. The van der Waals surface area contributed by atoms with E-state index in [1.54, 1.807) is 11.8 Å². The van der Waals surface area contributed by atoms with Crippen LogP contribution >= 0.6 is 11.6 Å². The first-order valence-electron chi connectivity index (χ1n) is 13.4. The van der Waals surface area contributed by atoms with Crippen LogP contribution in [0.3, 0.4) is 0 Å². The van der Waals surface area contributed by atoms with Gasteiger partial charge in [0.05, 0.1) is 26.1 Å². The molecule has 0 unspecified atom stereocenters. The summed E-state index contributed by atoms with van der Waals surface area (Å²) in [6.45, 7) is 6.92. The molecule has 0 bridgehead atoms. The van der Waals surface area contributed by atoms with Gasteiger partial charge in [0.15, 0.2) is 0 Å². The van der Waals surface area contributed by atoms with E-state index < -0.39 is 5.97 Å². The Hall–Kier alpha value is -2.80. The Kier molecular flexibility index (Phi) is 11.1. The summed E-state index contributed by atoms with van der Waals surface area (Å²) in [6.07, 6.45) is 7.39. The minimum absolute atomic E-state index is 0.00104. The zero-order valence-corrected chi connectivity index (χ0v) is 23.1. The van der Waals surface area contributed by atoms with Gasteiger partial charge >= 0.3 is 5.97 Å². The van der Waals surface area contributed by atoms with E-state index in [4.69, 9.17) is 16.3 Å². The van der Waals surface area contributed by atoms with E-state index >= 15 is 0 Å². The molecule has 0 radical (unpaired) electrons. The van der Waals surface area contributed by atoms with Crippen molar-refractivity contribution in [2.24, 2.45) is 0 Å². The SMILES string of the molecule is CCOC(=O)CCC(=O)N(CC(=O)N(Cc1cccn1Cc1ccccc1Cl)C1CCCCC1)C(C)C. The zero-order chi connectivity index (χ0) is 26.8. The summed E-state index contributed by atoms with van der Waals surface area (Å²) in [5.41, 5.74) is 2.05. The van der Waals surface area contributed by atoms with Crippen molar-refractivity contribution in [3.05, 3.63) is 58.9 Å². The molecule has 202 valence electrons. The number of hydrogen-bond acceptors (Lipinski definition) is 4. The van der Waals surface area contributed by atoms with E-state index in [1.165, 1.54) is 6.42 Å². The Morgan fingerprint density at radius 2 is 1.76 bits per heavy atom. The van der Waals surface area contributed by atoms with Gasteiger partial charge in [-0.1, -0.05) is 49.1 Å². The fourth-order valence-electron chi connectivity index (χ4n) is 4.93. The maximum atomic E-state index is 13.8. The van der Waals surface area contributed by atoms with Crippen molar-refractivity contribution in [2.75, 3.05) is 13.2 Å². The maximum Gasteiger partial charge on any atom is 0.306 e. The molecule has 7 nitrogen and oxygen atoms in total. The smallest absolute Gasteiger partial charge is 0.306 e. The second kappa shape index (κ2) is 14.2. The van der Waals surface area contributed by atoms with Gasteiger partial charge in [0.25, 0.3) is 0 Å². The molecule has 1 saturated carbocycles. The van der Waals surface area contributed by atoms with Crippen molar-refractivity contribution in [3.63, 3.8) is 0 Å².